The van der Waals surface area contributed by atoms with E-state index < -0.39 is 60.2 Å². The molecular weight excluding hydrogens is 993 g/mol. The largest absolute Gasteiger partial charge is 0.499 e. The number of carbonyl (C=O) groups is 2. The average molecular weight is 1090 g/mol. The van der Waals surface area contributed by atoms with Gasteiger partial charge in [-0.05, 0) is 102 Å². The Morgan fingerprint density at radius 1 is 0.500 bits per heavy atom. The summed E-state index contributed by atoms with van der Waals surface area (Å²) in [5.41, 5.74) is 1.14. The Bertz CT molecular complexity index is 1380. The zero-order valence-corrected chi connectivity index (χ0v) is 53.9. The van der Waals surface area contributed by atoms with E-state index in [9.17, 15) is 9.59 Å². The average Bonchev–Trinajstić information content (AvgIpc) is 3.32. The minimum Gasteiger partial charge on any atom is -0.469 e. The molecule has 16 nitrogen and oxygen atoms in total. The van der Waals surface area contributed by atoms with Crippen LogP contribution in [-0.4, -0.2) is 150 Å². The van der Waals surface area contributed by atoms with Gasteiger partial charge in [0.25, 0.3) is 0 Å². The first-order valence-corrected chi connectivity index (χ1v) is 41.0. The SMILES string of the molecule is CCC(C)(C)C(=O)OC.CCC(C)C(=O)OCC[Si](O[Si](C)(C)CC[Si](OC)(OC)OC)(O[Si](C)(C)CC[Si](OC)(OC)OC)O[Si](C)(C)CC[Si](OC)(OC)OC.CCC(C)c1ccccc1. The van der Waals surface area contributed by atoms with E-state index in [0.717, 1.165) is 6.42 Å². The maximum Gasteiger partial charge on any atom is 0.499 e. The van der Waals surface area contributed by atoms with Crippen molar-refractivity contribution in [3.63, 3.8) is 0 Å². The van der Waals surface area contributed by atoms with Gasteiger partial charge < -0.3 is 61.7 Å². The highest BCUT2D eigenvalue weighted by atomic mass is 28.5. The summed E-state index contributed by atoms with van der Waals surface area (Å²) >= 11 is 0. The summed E-state index contributed by atoms with van der Waals surface area (Å²) in [5.74, 6) is 0.103. The normalized spacial score (nSPS) is 14.0. The van der Waals surface area contributed by atoms with Gasteiger partial charge in [0.15, 0.2) is 25.0 Å². The molecule has 2 unspecified atom stereocenters. The summed E-state index contributed by atoms with van der Waals surface area (Å²) in [7, 11) is -4.09. The summed E-state index contributed by atoms with van der Waals surface area (Å²) in [6.45, 7) is 27.0. The fourth-order valence-electron chi connectivity index (χ4n) is 6.69. The molecule has 0 spiro atoms. The van der Waals surface area contributed by atoms with E-state index in [1.54, 1.807) is 64.0 Å². The third-order valence-electron chi connectivity index (χ3n) is 12.5. The second-order valence-electron chi connectivity index (χ2n) is 19.3. The Hall–Kier alpha value is -0.802. The first kappa shape index (κ1) is 69.3. The van der Waals surface area contributed by atoms with Crippen LogP contribution in [-0.2, 0) is 71.2 Å². The molecule has 0 heterocycles. The highest BCUT2D eigenvalue weighted by Gasteiger charge is 2.55. The second kappa shape index (κ2) is 33.1. The van der Waals surface area contributed by atoms with Crippen molar-refractivity contribution in [3.8, 4) is 0 Å². The molecule has 0 aliphatic heterocycles. The molecule has 0 aromatic heterocycles. The zero-order valence-electron chi connectivity index (χ0n) is 46.9. The maximum atomic E-state index is 12.8. The smallest absolute Gasteiger partial charge is 0.469 e. The van der Waals surface area contributed by atoms with Crippen LogP contribution < -0.4 is 0 Å². The van der Waals surface area contributed by atoms with Crippen LogP contribution in [0.1, 0.15) is 79.2 Å². The Kier molecular flexibility index (Phi) is 33.7. The third-order valence-corrected chi connectivity index (χ3v) is 37.7. The molecule has 2 atom stereocenters. The van der Waals surface area contributed by atoms with Gasteiger partial charge >= 0.3 is 47.2 Å². The van der Waals surface area contributed by atoms with Crippen molar-refractivity contribution in [3.05, 3.63) is 35.9 Å². The Morgan fingerprint density at radius 2 is 0.838 bits per heavy atom. The molecule has 23 heteroatoms. The van der Waals surface area contributed by atoms with Gasteiger partial charge in [-0.3, -0.25) is 9.59 Å². The van der Waals surface area contributed by atoms with Crippen molar-refractivity contribution >= 4 is 72.1 Å². The van der Waals surface area contributed by atoms with Crippen molar-refractivity contribution in [1.82, 2.24) is 0 Å². The van der Waals surface area contributed by atoms with E-state index in [-0.39, 0.29) is 29.9 Å². The Balaban J connectivity index is 0. The van der Waals surface area contributed by atoms with E-state index in [1.807, 2.05) is 34.6 Å². The van der Waals surface area contributed by atoms with Gasteiger partial charge in [-0.15, -0.1) is 0 Å². The summed E-state index contributed by atoms with van der Waals surface area (Å²) in [6, 6.07) is 14.7. The molecular formula is C45H98O16Si7. The molecule has 0 radical (unpaired) electrons. The summed E-state index contributed by atoms with van der Waals surface area (Å²) in [4.78, 5) is 23.7. The van der Waals surface area contributed by atoms with E-state index in [0.29, 0.717) is 54.6 Å². The molecule has 0 saturated heterocycles. The highest BCUT2D eigenvalue weighted by molar-refractivity contribution is 6.91. The molecule has 0 fully saturated rings. The van der Waals surface area contributed by atoms with Crippen LogP contribution in [0.2, 0.25) is 81.6 Å². The van der Waals surface area contributed by atoms with E-state index in [2.05, 4.69) is 88.2 Å². The molecule has 1 rings (SSSR count). The van der Waals surface area contributed by atoms with Crippen LogP contribution >= 0.6 is 0 Å². The predicted molar refractivity (Wildman–Crippen MR) is 287 cm³/mol. The lowest BCUT2D eigenvalue weighted by molar-refractivity contribution is -0.151. The van der Waals surface area contributed by atoms with E-state index in [4.69, 9.17) is 56.9 Å². The van der Waals surface area contributed by atoms with Gasteiger partial charge in [0.1, 0.15) is 0 Å². The van der Waals surface area contributed by atoms with E-state index >= 15 is 0 Å². The first-order chi connectivity index (χ1) is 31.5. The molecule has 0 aliphatic carbocycles. The quantitative estimate of drug-likeness (QED) is 0.0482. The fraction of sp³-hybridized carbons (Fsp3) is 0.822. The topological polar surface area (TPSA) is 163 Å². The number of benzene rings is 1. The van der Waals surface area contributed by atoms with Crippen LogP contribution in [0.5, 0.6) is 0 Å². The second-order valence-corrected chi connectivity index (χ2v) is 45.0. The minimum absolute atomic E-state index is 0.113. The number of ether oxygens (including phenoxy) is 2. The minimum atomic E-state index is -3.61. The standard InChI is InChI=1S/C28H70O14Si7.C10H14.C7H14O2/c1-18-27(2)28(29)39-19-20-49(40-43(12,13)21-24-46(30-3,31-4)32-5,41-44(14,15)22-25-47(33-6,34-7)35-8)42-45(16,17)23-26-48(36-9,37-10)38-11;1-3-9(2)10-7-5-4-6-8-10;1-5-7(2,3)6(8)9-4/h27H,18-26H2,1-17H3;4-9H,3H2,1-2H3;5H2,1-4H3. The van der Waals surface area contributed by atoms with Gasteiger partial charge in [0.2, 0.25) is 0 Å². The number of hydrogen-bond acceptors (Lipinski definition) is 16. The van der Waals surface area contributed by atoms with Crippen LogP contribution in [0.15, 0.2) is 30.3 Å². The van der Waals surface area contributed by atoms with Gasteiger partial charge in [-0.25, -0.2) is 0 Å². The van der Waals surface area contributed by atoms with Gasteiger partial charge in [0, 0.05) is 88.2 Å². The molecule has 0 amide bonds. The third kappa shape index (κ3) is 25.2. The van der Waals surface area contributed by atoms with Gasteiger partial charge in [-0.1, -0.05) is 65.0 Å². The molecule has 402 valence electrons. The number of carbonyl (C=O) groups excluding carboxylic acids is 2. The number of rotatable bonds is 33. The number of hydrogen-bond donors (Lipinski definition) is 0. The monoisotopic (exact) mass is 1090 g/mol. The van der Waals surface area contributed by atoms with E-state index in [1.165, 1.54) is 19.1 Å². The molecule has 0 saturated carbocycles. The Labute approximate surface area is 421 Å². The fourth-order valence-corrected chi connectivity index (χ4v) is 35.5. The van der Waals surface area contributed by atoms with Gasteiger partial charge in [0.05, 0.1) is 25.0 Å². The van der Waals surface area contributed by atoms with Crippen molar-refractivity contribution < 1.29 is 71.2 Å². The zero-order chi connectivity index (χ0) is 53.1. The first-order valence-electron chi connectivity index (χ1n) is 23.9. The van der Waals surface area contributed by atoms with Crippen LogP contribution in [0, 0.1) is 11.3 Å². The molecule has 0 bridgehead atoms. The van der Waals surface area contributed by atoms with Crippen LogP contribution in [0.25, 0.3) is 0 Å². The van der Waals surface area contributed by atoms with Crippen molar-refractivity contribution in [2.24, 2.45) is 11.3 Å². The van der Waals surface area contributed by atoms with Crippen molar-refractivity contribution in [2.75, 3.05) is 77.7 Å². The number of methoxy groups -OCH3 is 1. The van der Waals surface area contributed by atoms with Gasteiger partial charge in [-0.2, -0.15) is 0 Å². The summed E-state index contributed by atoms with van der Waals surface area (Å²) in [5, 5.41) is 0. The number of esters is 2. The lowest BCUT2D eigenvalue weighted by atomic mass is 9.91. The molecule has 1 aromatic rings. The lowest BCUT2D eigenvalue weighted by Gasteiger charge is -2.45. The highest BCUT2D eigenvalue weighted by Crippen LogP contribution is 2.36. The van der Waals surface area contributed by atoms with Crippen molar-refractivity contribution in [2.45, 2.75) is 155 Å². The lowest BCUT2D eigenvalue weighted by Crippen LogP contribution is -2.63. The maximum absolute atomic E-state index is 12.8. The van der Waals surface area contributed by atoms with Crippen LogP contribution in [0.3, 0.4) is 0 Å². The molecule has 1 aromatic carbocycles. The van der Waals surface area contributed by atoms with Crippen molar-refractivity contribution in [1.29, 1.82) is 0 Å². The Morgan fingerprint density at radius 3 is 1.09 bits per heavy atom. The predicted octanol–water partition coefficient (Wildman–Crippen LogP) is 10.6. The molecule has 68 heavy (non-hydrogen) atoms. The summed E-state index contributed by atoms with van der Waals surface area (Å²) in [6.07, 6.45) is 2.73. The molecule has 0 aliphatic rings. The summed E-state index contributed by atoms with van der Waals surface area (Å²) < 4.78 is 84.0. The molecule has 0 N–H and O–H groups in total. The van der Waals surface area contributed by atoms with Crippen LogP contribution in [0.4, 0.5) is 0 Å².